The summed E-state index contributed by atoms with van der Waals surface area (Å²) in [4.78, 5) is 17.5. The summed E-state index contributed by atoms with van der Waals surface area (Å²) < 4.78 is 0. The molecule has 1 aliphatic heterocycles. The SMILES string of the molecule is O=C(CCN1CC(O)C1)Nc1ccccn1. The van der Waals surface area contributed by atoms with Crippen LogP contribution in [0.5, 0.6) is 0 Å². The molecule has 0 radical (unpaired) electrons. The molecule has 5 heteroatoms. The topological polar surface area (TPSA) is 65.5 Å². The minimum atomic E-state index is -0.209. The van der Waals surface area contributed by atoms with Crippen molar-refractivity contribution in [2.75, 3.05) is 25.0 Å². The fraction of sp³-hybridized carbons (Fsp3) is 0.455. The highest BCUT2D eigenvalue weighted by atomic mass is 16.3. The Bertz CT molecular complexity index is 350. The van der Waals surface area contributed by atoms with Crippen molar-refractivity contribution in [2.24, 2.45) is 0 Å². The second-order valence-corrected chi connectivity index (χ2v) is 3.93. The first-order valence-corrected chi connectivity index (χ1v) is 5.35. The molecular weight excluding hydrogens is 206 g/mol. The van der Waals surface area contributed by atoms with E-state index in [9.17, 15) is 4.79 Å². The van der Waals surface area contributed by atoms with Crippen molar-refractivity contribution in [2.45, 2.75) is 12.5 Å². The first kappa shape index (κ1) is 11.0. The van der Waals surface area contributed by atoms with Gasteiger partial charge in [-0.15, -0.1) is 0 Å². The molecule has 1 amide bonds. The lowest BCUT2D eigenvalue weighted by atomic mass is 10.1. The first-order valence-electron chi connectivity index (χ1n) is 5.35. The normalized spacial score (nSPS) is 16.8. The zero-order chi connectivity index (χ0) is 11.4. The second kappa shape index (κ2) is 5.05. The number of aliphatic hydroxyl groups is 1. The van der Waals surface area contributed by atoms with Gasteiger partial charge in [-0.3, -0.25) is 9.69 Å². The number of β-amino-alcohol motifs (C(OH)–C–C–N with tert-alkyl or cyclic N) is 1. The maximum Gasteiger partial charge on any atom is 0.226 e. The maximum atomic E-state index is 11.5. The fourth-order valence-corrected chi connectivity index (χ4v) is 1.63. The number of nitrogens with zero attached hydrogens (tertiary/aromatic N) is 2. The number of amides is 1. The van der Waals surface area contributed by atoms with Gasteiger partial charge in [-0.2, -0.15) is 0 Å². The second-order valence-electron chi connectivity index (χ2n) is 3.93. The van der Waals surface area contributed by atoms with Crippen LogP contribution in [0.15, 0.2) is 24.4 Å². The lowest BCUT2D eigenvalue weighted by Crippen LogP contribution is -2.51. The highest BCUT2D eigenvalue weighted by Crippen LogP contribution is 2.08. The van der Waals surface area contributed by atoms with E-state index in [0.29, 0.717) is 31.9 Å². The van der Waals surface area contributed by atoms with Gasteiger partial charge < -0.3 is 10.4 Å². The molecule has 0 spiro atoms. The van der Waals surface area contributed by atoms with Crippen LogP contribution in [0.3, 0.4) is 0 Å². The molecule has 1 saturated heterocycles. The molecule has 2 N–H and O–H groups in total. The van der Waals surface area contributed by atoms with E-state index in [2.05, 4.69) is 10.3 Å². The van der Waals surface area contributed by atoms with Crippen LogP contribution in [0, 0.1) is 0 Å². The molecule has 0 saturated carbocycles. The van der Waals surface area contributed by atoms with Gasteiger partial charge in [-0.05, 0) is 12.1 Å². The first-order chi connectivity index (χ1) is 7.74. The third-order valence-corrected chi connectivity index (χ3v) is 2.53. The predicted octanol–water partition coefficient (Wildman–Crippen LogP) is 0.0867. The minimum Gasteiger partial charge on any atom is -0.390 e. The summed E-state index contributed by atoms with van der Waals surface area (Å²) in [5.41, 5.74) is 0. The summed E-state index contributed by atoms with van der Waals surface area (Å²) in [6, 6.07) is 5.39. The predicted molar refractivity (Wildman–Crippen MR) is 59.9 cm³/mol. The van der Waals surface area contributed by atoms with Crippen LogP contribution >= 0.6 is 0 Å². The number of hydrogen-bond donors (Lipinski definition) is 2. The molecule has 1 fully saturated rings. The molecule has 5 nitrogen and oxygen atoms in total. The van der Waals surface area contributed by atoms with E-state index in [-0.39, 0.29) is 12.0 Å². The van der Waals surface area contributed by atoms with E-state index < -0.39 is 0 Å². The van der Waals surface area contributed by atoms with Crippen LogP contribution in [0.25, 0.3) is 0 Å². The van der Waals surface area contributed by atoms with Gasteiger partial charge >= 0.3 is 0 Å². The Morgan fingerprint density at radius 2 is 2.38 bits per heavy atom. The Hall–Kier alpha value is -1.46. The van der Waals surface area contributed by atoms with Crippen molar-refractivity contribution in [3.63, 3.8) is 0 Å². The number of aromatic nitrogens is 1. The van der Waals surface area contributed by atoms with Gasteiger partial charge in [0.1, 0.15) is 5.82 Å². The van der Waals surface area contributed by atoms with Gasteiger partial charge in [0, 0.05) is 32.3 Å². The van der Waals surface area contributed by atoms with E-state index in [4.69, 9.17) is 5.11 Å². The standard InChI is InChI=1S/C11H15N3O2/c15-9-7-14(8-9)6-4-11(16)13-10-3-1-2-5-12-10/h1-3,5,9,15H,4,6-8H2,(H,12,13,16). The van der Waals surface area contributed by atoms with Crippen LogP contribution in [-0.4, -0.2) is 46.6 Å². The Kier molecular flexibility index (Phi) is 3.48. The number of anilines is 1. The zero-order valence-electron chi connectivity index (χ0n) is 8.97. The molecule has 0 bridgehead atoms. The van der Waals surface area contributed by atoms with E-state index in [1.165, 1.54) is 0 Å². The number of carbonyl (C=O) groups is 1. The largest absolute Gasteiger partial charge is 0.390 e. The van der Waals surface area contributed by atoms with Crippen LogP contribution in [0.1, 0.15) is 6.42 Å². The molecular formula is C11H15N3O2. The van der Waals surface area contributed by atoms with Crippen molar-refractivity contribution in [3.8, 4) is 0 Å². The monoisotopic (exact) mass is 221 g/mol. The number of carbonyl (C=O) groups excluding carboxylic acids is 1. The molecule has 0 atom stereocenters. The van der Waals surface area contributed by atoms with Crippen molar-refractivity contribution >= 4 is 11.7 Å². The number of hydrogen-bond acceptors (Lipinski definition) is 4. The van der Waals surface area contributed by atoms with Crippen LogP contribution < -0.4 is 5.32 Å². The van der Waals surface area contributed by atoms with Crippen LogP contribution in [0.2, 0.25) is 0 Å². The molecule has 1 aliphatic rings. The summed E-state index contributed by atoms with van der Waals surface area (Å²) in [6.45, 7) is 2.05. The lowest BCUT2D eigenvalue weighted by Gasteiger charge is -2.35. The van der Waals surface area contributed by atoms with E-state index in [0.717, 1.165) is 0 Å². The summed E-state index contributed by atoms with van der Waals surface area (Å²) in [6.07, 6.45) is 1.86. The number of nitrogens with one attached hydrogen (secondary N) is 1. The minimum absolute atomic E-state index is 0.0416. The van der Waals surface area contributed by atoms with Crippen LogP contribution in [-0.2, 0) is 4.79 Å². The van der Waals surface area contributed by atoms with E-state index in [1.54, 1.807) is 18.3 Å². The summed E-state index contributed by atoms with van der Waals surface area (Å²) >= 11 is 0. The number of likely N-dealkylation sites (tertiary alicyclic amines) is 1. The molecule has 0 aliphatic carbocycles. The van der Waals surface area contributed by atoms with Gasteiger partial charge in [0.25, 0.3) is 0 Å². The molecule has 1 aromatic rings. The fourth-order valence-electron chi connectivity index (χ4n) is 1.63. The third-order valence-electron chi connectivity index (χ3n) is 2.53. The Labute approximate surface area is 94.1 Å². The molecule has 0 unspecified atom stereocenters. The van der Waals surface area contributed by atoms with Gasteiger partial charge in [0.15, 0.2) is 0 Å². The smallest absolute Gasteiger partial charge is 0.226 e. The number of pyridine rings is 1. The van der Waals surface area contributed by atoms with Gasteiger partial charge in [-0.25, -0.2) is 4.98 Å². The summed E-state index contributed by atoms with van der Waals surface area (Å²) in [7, 11) is 0. The Balaban J connectivity index is 1.69. The van der Waals surface area contributed by atoms with Crippen molar-refractivity contribution in [3.05, 3.63) is 24.4 Å². The van der Waals surface area contributed by atoms with E-state index >= 15 is 0 Å². The maximum absolute atomic E-state index is 11.5. The Morgan fingerprint density at radius 1 is 1.56 bits per heavy atom. The van der Waals surface area contributed by atoms with Crippen molar-refractivity contribution < 1.29 is 9.90 Å². The summed E-state index contributed by atoms with van der Waals surface area (Å²) in [5.74, 6) is 0.538. The molecule has 16 heavy (non-hydrogen) atoms. The molecule has 2 rings (SSSR count). The molecule has 0 aromatic carbocycles. The number of rotatable bonds is 4. The summed E-state index contributed by atoms with van der Waals surface area (Å²) in [5, 5.41) is 11.8. The van der Waals surface area contributed by atoms with Crippen LogP contribution in [0.4, 0.5) is 5.82 Å². The highest BCUT2D eigenvalue weighted by molar-refractivity contribution is 5.89. The molecule has 1 aromatic heterocycles. The van der Waals surface area contributed by atoms with Crippen molar-refractivity contribution in [1.29, 1.82) is 0 Å². The molecule has 86 valence electrons. The average molecular weight is 221 g/mol. The van der Waals surface area contributed by atoms with Gasteiger partial charge in [0.2, 0.25) is 5.91 Å². The van der Waals surface area contributed by atoms with Gasteiger partial charge in [0.05, 0.1) is 6.10 Å². The van der Waals surface area contributed by atoms with Crippen molar-refractivity contribution in [1.82, 2.24) is 9.88 Å². The number of aliphatic hydroxyl groups excluding tert-OH is 1. The Morgan fingerprint density at radius 3 is 3.00 bits per heavy atom. The highest BCUT2D eigenvalue weighted by Gasteiger charge is 2.24. The quantitative estimate of drug-likeness (QED) is 0.756. The van der Waals surface area contributed by atoms with E-state index in [1.807, 2.05) is 11.0 Å². The molecule has 2 heterocycles. The zero-order valence-corrected chi connectivity index (χ0v) is 8.97. The lowest BCUT2D eigenvalue weighted by molar-refractivity contribution is -0.117. The van der Waals surface area contributed by atoms with Gasteiger partial charge in [-0.1, -0.05) is 6.07 Å². The average Bonchev–Trinajstić information content (AvgIpc) is 2.24. The third kappa shape index (κ3) is 3.01.